The second kappa shape index (κ2) is 5.83. The molecule has 108 valence electrons. The summed E-state index contributed by atoms with van der Waals surface area (Å²) in [7, 11) is 1.90. The van der Waals surface area contributed by atoms with E-state index >= 15 is 0 Å². The lowest BCUT2D eigenvalue weighted by Crippen LogP contribution is -2.39. The van der Waals surface area contributed by atoms with Gasteiger partial charge in [-0.1, -0.05) is 0 Å². The molecule has 0 saturated carbocycles. The van der Waals surface area contributed by atoms with E-state index in [-0.39, 0.29) is 5.91 Å². The number of hydrogen-bond donors (Lipinski definition) is 1. The second-order valence-corrected chi connectivity index (χ2v) is 5.82. The normalized spacial score (nSPS) is 21.1. The Bertz CT molecular complexity index is 495. The average Bonchev–Trinajstić information content (AvgIpc) is 2.94. The standard InChI is InChI=1S/C16H22N2O2/c1-18(11-12-3-2-7-17-10-12)16(19)14-4-5-15-13(9-14)6-8-20-15/h4-5,9,12,17H,2-3,6-8,10-11H2,1H3. The van der Waals surface area contributed by atoms with Crippen LogP contribution in [0, 0.1) is 5.92 Å². The molecule has 0 aromatic heterocycles. The minimum absolute atomic E-state index is 0.116. The monoisotopic (exact) mass is 274 g/mol. The van der Waals surface area contributed by atoms with Crippen molar-refractivity contribution in [3.63, 3.8) is 0 Å². The van der Waals surface area contributed by atoms with Gasteiger partial charge in [0.25, 0.3) is 5.91 Å². The number of ether oxygens (including phenoxy) is 1. The van der Waals surface area contributed by atoms with Crippen LogP contribution in [-0.4, -0.2) is 44.1 Å². The number of carbonyl (C=O) groups excluding carboxylic acids is 1. The number of fused-ring (bicyclic) bond motifs is 1. The van der Waals surface area contributed by atoms with Gasteiger partial charge in [0.2, 0.25) is 0 Å². The number of amides is 1. The van der Waals surface area contributed by atoms with Crippen LogP contribution in [0.15, 0.2) is 18.2 Å². The quantitative estimate of drug-likeness (QED) is 0.912. The molecule has 1 N–H and O–H groups in total. The molecule has 0 bridgehead atoms. The Morgan fingerprint density at radius 2 is 2.40 bits per heavy atom. The fourth-order valence-electron chi connectivity index (χ4n) is 3.09. The van der Waals surface area contributed by atoms with Gasteiger partial charge in [0.1, 0.15) is 5.75 Å². The van der Waals surface area contributed by atoms with Crippen LogP contribution in [-0.2, 0) is 6.42 Å². The van der Waals surface area contributed by atoms with Gasteiger partial charge in [-0.15, -0.1) is 0 Å². The van der Waals surface area contributed by atoms with Crippen molar-refractivity contribution in [3.05, 3.63) is 29.3 Å². The minimum atomic E-state index is 0.116. The first-order valence-corrected chi connectivity index (χ1v) is 7.46. The first-order valence-electron chi connectivity index (χ1n) is 7.46. The summed E-state index contributed by atoms with van der Waals surface area (Å²) in [6.45, 7) is 3.70. The van der Waals surface area contributed by atoms with Crippen LogP contribution in [0.1, 0.15) is 28.8 Å². The molecule has 1 atom stereocenters. The number of nitrogens with one attached hydrogen (secondary N) is 1. The van der Waals surface area contributed by atoms with E-state index in [2.05, 4.69) is 5.32 Å². The summed E-state index contributed by atoms with van der Waals surface area (Å²) in [5.41, 5.74) is 1.93. The Morgan fingerprint density at radius 1 is 1.50 bits per heavy atom. The number of benzene rings is 1. The average molecular weight is 274 g/mol. The zero-order valence-corrected chi connectivity index (χ0v) is 12.0. The first kappa shape index (κ1) is 13.4. The SMILES string of the molecule is CN(CC1CCCNC1)C(=O)c1ccc2c(c1)CCO2. The molecule has 0 radical (unpaired) electrons. The summed E-state index contributed by atoms with van der Waals surface area (Å²) in [4.78, 5) is 14.3. The number of nitrogens with zero attached hydrogens (tertiary/aromatic N) is 1. The smallest absolute Gasteiger partial charge is 0.253 e. The van der Waals surface area contributed by atoms with Gasteiger partial charge in [-0.3, -0.25) is 4.79 Å². The highest BCUT2D eigenvalue weighted by molar-refractivity contribution is 5.94. The van der Waals surface area contributed by atoms with Crippen molar-refractivity contribution < 1.29 is 9.53 Å². The van der Waals surface area contributed by atoms with Crippen molar-refractivity contribution in [2.75, 3.05) is 33.3 Å². The van der Waals surface area contributed by atoms with Gasteiger partial charge >= 0.3 is 0 Å². The molecule has 1 aromatic carbocycles. The Balaban J connectivity index is 1.65. The highest BCUT2D eigenvalue weighted by atomic mass is 16.5. The van der Waals surface area contributed by atoms with Crippen molar-refractivity contribution >= 4 is 5.91 Å². The Hall–Kier alpha value is -1.55. The summed E-state index contributed by atoms with van der Waals surface area (Å²) in [6, 6.07) is 5.79. The molecule has 1 aromatic rings. The summed E-state index contributed by atoms with van der Waals surface area (Å²) >= 11 is 0. The third kappa shape index (κ3) is 2.80. The van der Waals surface area contributed by atoms with Crippen LogP contribution in [0.25, 0.3) is 0 Å². The molecule has 2 aliphatic heterocycles. The van der Waals surface area contributed by atoms with Gasteiger partial charge in [-0.05, 0) is 55.6 Å². The molecule has 1 amide bonds. The van der Waals surface area contributed by atoms with Gasteiger partial charge in [0.05, 0.1) is 6.61 Å². The van der Waals surface area contributed by atoms with Crippen LogP contribution >= 0.6 is 0 Å². The van der Waals surface area contributed by atoms with E-state index in [1.165, 1.54) is 12.8 Å². The molecular formula is C16H22N2O2. The lowest BCUT2D eigenvalue weighted by atomic mass is 9.99. The Labute approximate surface area is 120 Å². The molecule has 2 heterocycles. The molecule has 4 heteroatoms. The summed E-state index contributed by atoms with van der Waals surface area (Å²) < 4.78 is 5.48. The molecule has 0 spiro atoms. The van der Waals surface area contributed by atoms with E-state index in [0.29, 0.717) is 5.92 Å². The summed E-state index contributed by atoms with van der Waals surface area (Å²) in [5, 5.41) is 3.40. The molecule has 1 fully saturated rings. The Morgan fingerprint density at radius 3 is 3.20 bits per heavy atom. The van der Waals surface area contributed by atoms with Gasteiger partial charge in [0.15, 0.2) is 0 Å². The van der Waals surface area contributed by atoms with Crippen molar-refractivity contribution in [1.29, 1.82) is 0 Å². The maximum atomic E-state index is 12.5. The molecule has 2 aliphatic rings. The highest BCUT2D eigenvalue weighted by Crippen LogP contribution is 2.26. The first-order chi connectivity index (χ1) is 9.74. The van der Waals surface area contributed by atoms with Crippen LogP contribution in [0.5, 0.6) is 5.75 Å². The molecule has 20 heavy (non-hydrogen) atoms. The van der Waals surface area contributed by atoms with Crippen molar-refractivity contribution in [3.8, 4) is 5.75 Å². The predicted molar refractivity (Wildman–Crippen MR) is 78.2 cm³/mol. The topological polar surface area (TPSA) is 41.6 Å². The van der Waals surface area contributed by atoms with E-state index < -0.39 is 0 Å². The number of carbonyl (C=O) groups is 1. The third-order valence-corrected chi connectivity index (χ3v) is 4.21. The van der Waals surface area contributed by atoms with Gasteiger partial charge in [-0.2, -0.15) is 0 Å². The van der Waals surface area contributed by atoms with Crippen molar-refractivity contribution in [2.24, 2.45) is 5.92 Å². The molecule has 0 aliphatic carbocycles. The third-order valence-electron chi connectivity index (χ3n) is 4.21. The van der Waals surface area contributed by atoms with E-state index in [0.717, 1.165) is 49.5 Å². The summed E-state index contributed by atoms with van der Waals surface area (Å²) in [5.74, 6) is 1.63. The molecule has 3 rings (SSSR count). The maximum absolute atomic E-state index is 12.5. The molecular weight excluding hydrogens is 252 g/mol. The highest BCUT2D eigenvalue weighted by Gasteiger charge is 2.20. The Kier molecular flexibility index (Phi) is 3.92. The van der Waals surface area contributed by atoms with Crippen molar-refractivity contribution in [2.45, 2.75) is 19.3 Å². The van der Waals surface area contributed by atoms with Gasteiger partial charge in [0, 0.05) is 25.6 Å². The van der Waals surface area contributed by atoms with Crippen LogP contribution in [0.2, 0.25) is 0 Å². The fraction of sp³-hybridized carbons (Fsp3) is 0.562. The van der Waals surface area contributed by atoms with Crippen LogP contribution < -0.4 is 10.1 Å². The lowest BCUT2D eigenvalue weighted by molar-refractivity contribution is 0.0764. The van der Waals surface area contributed by atoms with Crippen LogP contribution in [0.3, 0.4) is 0 Å². The number of piperidine rings is 1. The minimum Gasteiger partial charge on any atom is -0.493 e. The fourth-order valence-corrected chi connectivity index (χ4v) is 3.09. The number of rotatable bonds is 3. The van der Waals surface area contributed by atoms with Gasteiger partial charge in [-0.25, -0.2) is 0 Å². The number of hydrogen-bond acceptors (Lipinski definition) is 3. The molecule has 4 nitrogen and oxygen atoms in total. The van der Waals surface area contributed by atoms with Crippen LogP contribution in [0.4, 0.5) is 0 Å². The van der Waals surface area contributed by atoms with E-state index in [1.807, 2.05) is 30.1 Å². The second-order valence-electron chi connectivity index (χ2n) is 5.82. The van der Waals surface area contributed by atoms with Gasteiger partial charge < -0.3 is 15.0 Å². The zero-order chi connectivity index (χ0) is 13.9. The lowest BCUT2D eigenvalue weighted by Gasteiger charge is -2.27. The maximum Gasteiger partial charge on any atom is 0.253 e. The molecule has 1 saturated heterocycles. The van der Waals surface area contributed by atoms with E-state index in [1.54, 1.807) is 0 Å². The molecule has 1 unspecified atom stereocenters. The largest absolute Gasteiger partial charge is 0.493 e. The van der Waals surface area contributed by atoms with Crippen molar-refractivity contribution in [1.82, 2.24) is 10.2 Å². The zero-order valence-electron chi connectivity index (χ0n) is 12.0. The van der Waals surface area contributed by atoms with E-state index in [9.17, 15) is 4.79 Å². The van der Waals surface area contributed by atoms with E-state index in [4.69, 9.17) is 4.74 Å². The predicted octanol–water partition coefficient (Wildman–Crippen LogP) is 1.69. The summed E-state index contributed by atoms with van der Waals surface area (Å²) in [6.07, 6.45) is 3.33.